The number of benzene rings is 1. The molecule has 0 radical (unpaired) electrons. The topological polar surface area (TPSA) is 12.0 Å². The number of nitrogens with one attached hydrogen (secondary N) is 1. The summed E-state index contributed by atoms with van der Waals surface area (Å²) in [5.74, 6) is -0.727. The molecule has 0 spiro atoms. The maximum Gasteiger partial charge on any atom is 0.419 e. The van der Waals surface area contributed by atoms with Gasteiger partial charge >= 0.3 is 6.18 Å². The number of anilines is 1. The Morgan fingerprint density at radius 1 is 1.05 bits per heavy atom. The molecule has 0 saturated heterocycles. The van der Waals surface area contributed by atoms with Crippen molar-refractivity contribution in [2.45, 2.75) is 44.7 Å². The number of halogens is 4. The largest absolute Gasteiger partial charge is 0.419 e. The van der Waals surface area contributed by atoms with Gasteiger partial charge in [0, 0.05) is 12.2 Å². The average molecular weight is 289 g/mol. The van der Waals surface area contributed by atoms with Crippen LogP contribution in [0.3, 0.4) is 0 Å². The molecule has 1 fully saturated rings. The van der Waals surface area contributed by atoms with Crippen molar-refractivity contribution in [3.8, 4) is 0 Å². The predicted octanol–water partition coefficient (Wildman–Crippen LogP) is 5.23. The first-order valence-corrected chi connectivity index (χ1v) is 7.07. The van der Waals surface area contributed by atoms with E-state index in [2.05, 4.69) is 5.32 Å². The van der Waals surface area contributed by atoms with Gasteiger partial charge in [-0.05, 0) is 37.0 Å². The van der Waals surface area contributed by atoms with Crippen molar-refractivity contribution in [1.29, 1.82) is 0 Å². The lowest BCUT2D eigenvalue weighted by molar-refractivity contribution is -0.139. The van der Waals surface area contributed by atoms with E-state index in [0.717, 1.165) is 25.0 Å². The Labute approximate surface area is 116 Å². The number of hydrogen-bond donors (Lipinski definition) is 1. The van der Waals surface area contributed by atoms with E-state index in [9.17, 15) is 17.6 Å². The molecule has 1 N–H and O–H groups in total. The summed E-state index contributed by atoms with van der Waals surface area (Å²) in [6.07, 6.45) is 2.43. The summed E-state index contributed by atoms with van der Waals surface area (Å²) in [5.41, 5.74) is -0.869. The summed E-state index contributed by atoms with van der Waals surface area (Å²) in [6, 6.07) is 3.09. The van der Waals surface area contributed by atoms with Gasteiger partial charge in [-0.25, -0.2) is 4.39 Å². The van der Waals surface area contributed by atoms with Gasteiger partial charge in [0.15, 0.2) is 0 Å². The van der Waals surface area contributed by atoms with Gasteiger partial charge < -0.3 is 5.32 Å². The highest BCUT2D eigenvalue weighted by Crippen LogP contribution is 2.33. The molecule has 0 atom stereocenters. The van der Waals surface area contributed by atoms with Gasteiger partial charge in [0.2, 0.25) is 0 Å². The van der Waals surface area contributed by atoms with Gasteiger partial charge in [-0.15, -0.1) is 0 Å². The third-order valence-electron chi connectivity index (χ3n) is 3.84. The molecular formula is C15H19F4N. The van der Waals surface area contributed by atoms with E-state index in [-0.39, 0.29) is 0 Å². The monoisotopic (exact) mass is 289 g/mol. The van der Waals surface area contributed by atoms with Gasteiger partial charge in [-0.2, -0.15) is 13.2 Å². The third-order valence-corrected chi connectivity index (χ3v) is 3.84. The van der Waals surface area contributed by atoms with Crippen LogP contribution in [0.2, 0.25) is 0 Å². The van der Waals surface area contributed by atoms with Gasteiger partial charge in [0.25, 0.3) is 0 Å². The van der Waals surface area contributed by atoms with Crippen LogP contribution in [0.1, 0.15) is 44.1 Å². The molecule has 0 amide bonds. The highest BCUT2D eigenvalue weighted by molar-refractivity contribution is 5.47. The smallest absolute Gasteiger partial charge is 0.385 e. The quantitative estimate of drug-likeness (QED) is 0.593. The van der Waals surface area contributed by atoms with Crippen molar-refractivity contribution in [1.82, 2.24) is 0 Å². The van der Waals surface area contributed by atoms with Crippen LogP contribution in [0.4, 0.5) is 23.2 Å². The predicted molar refractivity (Wildman–Crippen MR) is 71.1 cm³/mol. The minimum absolute atomic E-state index is 0.336. The summed E-state index contributed by atoms with van der Waals surface area (Å²) in [6.45, 7) is 0.656. The molecule has 1 aromatic rings. The van der Waals surface area contributed by atoms with Crippen LogP contribution < -0.4 is 5.32 Å². The standard InChI is InChI=1S/C15H19F4N/c16-14-8-7-12(9-13(14)15(17,18)19)20-10-11-5-3-1-2-4-6-11/h7-9,11,20H,1-6,10H2. The Morgan fingerprint density at radius 2 is 1.70 bits per heavy atom. The Balaban J connectivity index is 1.99. The maximum atomic E-state index is 13.2. The van der Waals surface area contributed by atoms with Crippen molar-refractivity contribution in [3.63, 3.8) is 0 Å². The first-order chi connectivity index (χ1) is 9.47. The second kappa shape index (κ2) is 6.46. The Morgan fingerprint density at radius 3 is 2.30 bits per heavy atom. The van der Waals surface area contributed by atoms with Crippen LogP contribution in [-0.4, -0.2) is 6.54 Å². The van der Waals surface area contributed by atoms with E-state index in [0.29, 0.717) is 18.2 Å². The van der Waals surface area contributed by atoms with Crippen LogP contribution in [0.5, 0.6) is 0 Å². The number of rotatable bonds is 3. The Hall–Kier alpha value is -1.26. The van der Waals surface area contributed by atoms with E-state index in [4.69, 9.17) is 0 Å². The summed E-state index contributed by atoms with van der Waals surface area (Å²) in [5, 5.41) is 3.02. The third kappa shape index (κ3) is 4.12. The molecule has 1 nitrogen and oxygen atoms in total. The lowest BCUT2D eigenvalue weighted by Crippen LogP contribution is -2.15. The summed E-state index contributed by atoms with van der Waals surface area (Å²) in [4.78, 5) is 0. The molecule has 0 aromatic heterocycles. The van der Waals surface area contributed by atoms with Crippen molar-refractivity contribution < 1.29 is 17.6 Å². The van der Waals surface area contributed by atoms with E-state index in [1.807, 2.05) is 0 Å². The molecular weight excluding hydrogens is 270 g/mol. The Bertz CT molecular complexity index is 434. The highest BCUT2D eigenvalue weighted by Gasteiger charge is 2.34. The van der Waals surface area contributed by atoms with E-state index in [1.165, 1.54) is 31.7 Å². The lowest BCUT2D eigenvalue weighted by atomic mass is 10.0. The molecule has 20 heavy (non-hydrogen) atoms. The Kier molecular flexibility index (Phi) is 4.89. The lowest BCUT2D eigenvalue weighted by Gasteiger charge is -2.17. The van der Waals surface area contributed by atoms with Crippen LogP contribution in [-0.2, 0) is 6.18 Å². The second-order valence-electron chi connectivity index (χ2n) is 5.43. The molecule has 2 rings (SSSR count). The molecule has 0 unspecified atom stereocenters. The zero-order valence-corrected chi connectivity index (χ0v) is 11.3. The average Bonchev–Trinajstić information content (AvgIpc) is 2.65. The SMILES string of the molecule is Fc1ccc(NCC2CCCCCC2)cc1C(F)(F)F. The molecule has 0 bridgehead atoms. The fourth-order valence-corrected chi connectivity index (χ4v) is 2.68. The normalized spacial score (nSPS) is 17.8. The van der Waals surface area contributed by atoms with Crippen LogP contribution >= 0.6 is 0 Å². The second-order valence-corrected chi connectivity index (χ2v) is 5.43. The zero-order valence-electron chi connectivity index (χ0n) is 11.3. The maximum absolute atomic E-state index is 13.2. The molecule has 0 aliphatic heterocycles. The highest BCUT2D eigenvalue weighted by atomic mass is 19.4. The minimum Gasteiger partial charge on any atom is -0.385 e. The van der Waals surface area contributed by atoms with Crippen molar-refractivity contribution in [2.24, 2.45) is 5.92 Å². The molecule has 1 aromatic carbocycles. The van der Waals surface area contributed by atoms with Gasteiger partial charge in [0.1, 0.15) is 5.82 Å². The van der Waals surface area contributed by atoms with Crippen molar-refractivity contribution in [2.75, 3.05) is 11.9 Å². The summed E-state index contributed by atoms with van der Waals surface area (Å²) >= 11 is 0. The van der Waals surface area contributed by atoms with Crippen LogP contribution in [0, 0.1) is 11.7 Å². The molecule has 1 saturated carbocycles. The molecule has 1 aliphatic carbocycles. The van der Waals surface area contributed by atoms with E-state index >= 15 is 0 Å². The van der Waals surface area contributed by atoms with Crippen LogP contribution in [0.15, 0.2) is 18.2 Å². The minimum atomic E-state index is -4.65. The first kappa shape index (κ1) is 15.1. The van der Waals surface area contributed by atoms with Crippen LogP contribution in [0.25, 0.3) is 0 Å². The van der Waals surface area contributed by atoms with Gasteiger partial charge in [-0.1, -0.05) is 25.7 Å². The van der Waals surface area contributed by atoms with Gasteiger partial charge in [-0.3, -0.25) is 0 Å². The van der Waals surface area contributed by atoms with E-state index in [1.54, 1.807) is 0 Å². The zero-order chi connectivity index (χ0) is 14.6. The van der Waals surface area contributed by atoms with E-state index < -0.39 is 17.6 Å². The molecule has 0 heterocycles. The molecule has 5 heteroatoms. The van der Waals surface area contributed by atoms with Gasteiger partial charge in [0.05, 0.1) is 5.56 Å². The van der Waals surface area contributed by atoms with Crippen molar-refractivity contribution >= 4 is 5.69 Å². The molecule has 112 valence electrons. The molecule has 1 aliphatic rings. The number of alkyl halides is 3. The summed E-state index contributed by atoms with van der Waals surface area (Å²) in [7, 11) is 0. The number of hydrogen-bond acceptors (Lipinski definition) is 1. The summed E-state index contributed by atoms with van der Waals surface area (Å²) < 4.78 is 51.0. The first-order valence-electron chi connectivity index (χ1n) is 7.07. The fraction of sp³-hybridized carbons (Fsp3) is 0.600. The van der Waals surface area contributed by atoms with Crippen molar-refractivity contribution in [3.05, 3.63) is 29.6 Å². The fourth-order valence-electron chi connectivity index (χ4n) is 2.68.